The summed E-state index contributed by atoms with van der Waals surface area (Å²) < 4.78 is 5.32. The van der Waals surface area contributed by atoms with Crippen molar-refractivity contribution in [1.29, 1.82) is 0 Å². The Bertz CT molecular complexity index is 970. The molecule has 2 aromatic rings. The second kappa shape index (κ2) is 7.49. The summed E-state index contributed by atoms with van der Waals surface area (Å²) in [6.45, 7) is 1.74. The lowest BCUT2D eigenvalue weighted by Crippen LogP contribution is -2.21. The molecule has 1 aliphatic rings. The lowest BCUT2D eigenvalue weighted by atomic mass is 10.1. The summed E-state index contributed by atoms with van der Waals surface area (Å²) >= 11 is 24.2. The van der Waals surface area contributed by atoms with E-state index in [9.17, 15) is 4.79 Å². The van der Waals surface area contributed by atoms with Gasteiger partial charge in [0, 0.05) is 10.6 Å². The molecule has 0 atom stereocenters. The molecule has 26 heavy (non-hydrogen) atoms. The third kappa shape index (κ3) is 3.55. The fraction of sp³-hybridized carbons (Fsp3) is 0.111. The minimum atomic E-state index is -0.306. The summed E-state index contributed by atoms with van der Waals surface area (Å²) in [6.07, 6.45) is 1.65. The number of halogens is 4. The smallest absolute Gasteiger partial charge is 0.280 e. The third-order valence-electron chi connectivity index (χ3n) is 3.75. The van der Waals surface area contributed by atoms with E-state index in [1.807, 2.05) is 0 Å². The zero-order chi connectivity index (χ0) is 19.0. The standard InChI is InChI=1S/C18H12Cl4N2O2/c1-9-13(6-10-5-11(19)7-16(22)17(10)26-2)18(25)24(23-9)12-3-4-14(20)15(21)8-12/h3-8H,1-2H3. The maximum atomic E-state index is 12.8. The highest BCUT2D eigenvalue weighted by Crippen LogP contribution is 2.35. The van der Waals surface area contributed by atoms with Crippen LogP contribution in [-0.2, 0) is 4.79 Å². The Hall–Kier alpha value is -1.72. The van der Waals surface area contributed by atoms with Gasteiger partial charge in [0.25, 0.3) is 5.91 Å². The van der Waals surface area contributed by atoms with Gasteiger partial charge < -0.3 is 4.74 Å². The fourth-order valence-corrected chi connectivity index (χ4v) is 3.41. The van der Waals surface area contributed by atoms with Crippen LogP contribution in [-0.4, -0.2) is 18.7 Å². The first-order valence-corrected chi connectivity index (χ1v) is 8.93. The summed E-state index contributed by atoms with van der Waals surface area (Å²) in [5.74, 6) is 0.121. The van der Waals surface area contributed by atoms with Gasteiger partial charge in [0.1, 0.15) is 5.75 Å². The van der Waals surface area contributed by atoms with Gasteiger partial charge in [0.2, 0.25) is 0 Å². The molecule has 0 bridgehead atoms. The van der Waals surface area contributed by atoms with Crippen LogP contribution >= 0.6 is 46.4 Å². The Balaban J connectivity index is 2.03. The van der Waals surface area contributed by atoms with Crippen LogP contribution in [0.4, 0.5) is 5.69 Å². The molecule has 0 fully saturated rings. The third-order valence-corrected chi connectivity index (χ3v) is 4.99. The van der Waals surface area contributed by atoms with E-state index in [1.165, 1.54) is 12.1 Å². The maximum absolute atomic E-state index is 12.8. The average molecular weight is 430 g/mol. The Morgan fingerprint density at radius 1 is 1.04 bits per heavy atom. The van der Waals surface area contributed by atoms with Crippen molar-refractivity contribution in [1.82, 2.24) is 0 Å². The Morgan fingerprint density at radius 3 is 2.42 bits per heavy atom. The number of hydrogen-bond donors (Lipinski definition) is 0. The first kappa shape index (κ1) is 19.1. The molecule has 0 spiro atoms. The van der Waals surface area contributed by atoms with Crippen molar-refractivity contribution in [2.75, 3.05) is 12.1 Å². The average Bonchev–Trinajstić information content (AvgIpc) is 2.85. The predicted octanol–water partition coefficient (Wildman–Crippen LogP) is 6.11. The number of anilines is 1. The van der Waals surface area contributed by atoms with Gasteiger partial charge in [-0.2, -0.15) is 10.1 Å². The first-order chi connectivity index (χ1) is 12.3. The SMILES string of the molecule is COc1c(Cl)cc(Cl)cc1C=C1C(=O)N(c2ccc(Cl)c(Cl)c2)N=C1C. The van der Waals surface area contributed by atoms with Gasteiger partial charge in [0.05, 0.1) is 39.1 Å². The number of amides is 1. The molecule has 134 valence electrons. The minimum Gasteiger partial charge on any atom is -0.495 e. The number of benzene rings is 2. The summed E-state index contributed by atoms with van der Waals surface area (Å²) in [7, 11) is 1.50. The Kier molecular flexibility index (Phi) is 5.49. The highest BCUT2D eigenvalue weighted by molar-refractivity contribution is 6.42. The maximum Gasteiger partial charge on any atom is 0.280 e. The van der Waals surface area contributed by atoms with Crippen molar-refractivity contribution >= 4 is 69.8 Å². The van der Waals surface area contributed by atoms with Gasteiger partial charge in [-0.05, 0) is 43.3 Å². The topological polar surface area (TPSA) is 41.9 Å². The largest absolute Gasteiger partial charge is 0.495 e. The van der Waals surface area contributed by atoms with Crippen molar-refractivity contribution < 1.29 is 9.53 Å². The van der Waals surface area contributed by atoms with E-state index in [2.05, 4.69) is 5.10 Å². The van der Waals surface area contributed by atoms with Gasteiger partial charge in [-0.1, -0.05) is 46.4 Å². The van der Waals surface area contributed by atoms with Gasteiger partial charge >= 0.3 is 0 Å². The molecule has 2 aromatic carbocycles. The summed E-state index contributed by atoms with van der Waals surface area (Å²) in [6, 6.07) is 8.10. The molecule has 1 heterocycles. The summed E-state index contributed by atoms with van der Waals surface area (Å²) in [5, 5.41) is 7.11. The molecule has 4 nitrogen and oxygen atoms in total. The molecule has 0 aliphatic carbocycles. The van der Waals surface area contributed by atoms with E-state index in [0.29, 0.717) is 48.4 Å². The number of hydrazone groups is 1. The number of carbonyl (C=O) groups excluding carboxylic acids is 1. The van der Waals surface area contributed by atoms with Gasteiger partial charge in [-0.3, -0.25) is 4.79 Å². The molecule has 0 radical (unpaired) electrons. The predicted molar refractivity (Wildman–Crippen MR) is 108 cm³/mol. The zero-order valence-electron chi connectivity index (χ0n) is 13.7. The van der Waals surface area contributed by atoms with Crippen LogP contribution in [0.25, 0.3) is 6.08 Å². The van der Waals surface area contributed by atoms with Crippen LogP contribution in [0.15, 0.2) is 41.0 Å². The van der Waals surface area contributed by atoms with Crippen molar-refractivity contribution in [3.8, 4) is 5.75 Å². The van der Waals surface area contributed by atoms with Gasteiger partial charge in [0.15, 0.2) is 0 Å². The fourth-order valence-electron chi connectivity index (χ4n) is 2.53. The lowest BCUT2D eigenvalue weighted by Gasteiger charge is -2.13. The van der Waals surface area contributed by atoms with Crippen molar-refractivity contribution in [2.24, 2.45) is 5.10 Å². The molecule has 8 heteroatoms. The van der Waals surface area contributed by atoms with Crippen LogP contribution < -0.4 is 9.75 Å². The number of nitrogens with zero attached hydrogens (tertiary/aromatic N) is 2. The summed E-state index contributed by atoms with van der Waals surface area (Å²) in [4.78, 5) is 12.8. The monoisotopic (exact) mass is 428 g/mol. The zero-order valence-corrected chi connectivity index (χ0v) is 16.7. The van der Waals surface area contributed by atoms with Gasteiger partial charge in [-0.25, -0.2) is 0 Å². The number of hydrogen-bond acceptors (Lipinski definition) is 3. The molecule has 0 saturated carbocycles. The molecular weight excluding hydrogens is 418 g/mol. The van der Waals surface area contributed by atoms with Crippen molar-refractivity contribution in [3.63, 3.8) is 0 Å². The molecule has 0 unspecified atom stereocenters. The molecule has 3 rings (SSSR count). The van der Waals surface area contributed by atoms with E-state index < -0.39 is 0 Å². The van der Waals surface area contributed by atoms with Crippen LogP contribution in [0.3, 0.4) is 0 Å². The first-order valence-electron chi connectivity index (χ1n) is 7.41. The van der Waals surface area contributed by atoms with Crippen LogP contribution in [0, 0.1) is 0 Å². The van der Waals surface area contributed by atoms with Gasteiger partial charge in [-0.15, -0.1) is 0 Å². The normalized spacial score (nSPS) is 15.6. The van der Waals surface area contributed by atoms with Crippen LogP contribution in [0.2, 0.25) is 20.1 Å². The van der Waals surface area contributed by atoms with Crippen LogP contribution in [0.5, 0.6) is 5.75 Å². The van der Waals surface area contributed by atoms with E-state index >= 15 is 0 Å². The minimum absolute atomic E-state index is 0.306. The van der Waals surface area contributed by atoms with Crippen molar-refractivity contribution in [2.45, 2.75) is 6.92 Å². The quantitative estimate of drug-likeness (QED) is 0.552. The van der Waals surface area contributed by atoms with Crippen molar-refractivity contribution in [3.05, 3.63) is 61.6 Å². The Morgan fingerprint density at radius 2 is 1.77 bits per heavy atom. The van der Waals surface area contributed by atoms with E-state index in [0.717, 1.165) is 0 Å². The van der Waals surface area contributed by atoms with E-state index in [1.54, 1.807) is 43.3 Å². The number of ether oxygens (including phenoxy) is 1. The molecule has 0 aromatic heterocycles. The van der Waals surface area contributed by atoms with E-state index in [4.69, 9.17) is 51.1 Å². The van der Waals surface area contributed by atoms with Crippen LogP contribution in [0.1, 0.15) is 12.5 Å². The molecule has 1 aliphatic heterocycles. The highest BCUT2D eigenvalue weighted by Gasteiger charge is 2.29. The highest BCUT2D eigenvalue weighted by atomic mass is 35.5. The second-order valence-corrected chi connectivity index (χ2v) is 7.13. The molecule has 1 amide bonds. The van der Waals surface area contributed by atoms with E-state index in [-0.39, 0.29) is 5.91 Å². The second-order valence-electron chi connectivity index (χ2n) is 5.47. The molecule has 0 saturated heterocycles. The number of carbonyl (C=O) groups is 1. The summed E-state index contributed by atoms with van der Waals surface area (Å²) in [5.41, 5.74) is 2.04. The molecule has 0 N–H and O–H groups in total. The Labute approximate surface area is 170 Å². The number of methoxy groups -OCH3 is 1. The molecular formula is C18H12Cl4N2O2. The lowest BCUT2D eigenvalue weighted by molar-refractivity contribution is -0.114. The number of rotatable bonds is 3.